The highest BCUT2D eigenvalue weighted by atomic mass is 16.5. The van der Waals surface area contributed by atoms with Gasteiger partial charge in [-0.05, 0) is 44.8 Å². The molecule has 1 aromatic carbocycles. The lowest BCUT2D eigenvalue weighted by Crippen LogP contribution is -2.38. The number of piperidine rings is 1. The van der Waals surface area contributed by atoms with Gasteiger partial charge in [0.25, 0.3) is 5.91 Å². The fourth-order valence-electron chi connectivity index (χ4n) is 4.27. The average Bonchev–Trinajstić information content (AvgIpc) is 3.21. The lowest BCUT2D eigenvalue weighted by molar-refractivity contribution is 0.0929. The number of anilines is 2. The summed E-state index contributed by atoms with van der Waals surface area (Å²) in [5.41, 5.74) is 14.9. The molecule has 3 aromatic rings. The molecule has 1 aliphatic heterocycles. The second kappa shape index (κ2) is 10.6. The summed E-state index contributed by atoms with van der Waals surface area (Å²) in [6.07, 6.45) is 4.01. The van der Waals surface area contributed by atoms with E-state index < -0.39 is 0 Å². The molecule has 1 fully saturated rings. The molecule has 0 saturated carbocycles. The highest BCUT2D eigenvalue weighted by Gasteiger charge is 2.22. The van der Waals surface area contributed by atoms with E-state index >= 15 is 0 Å². The number of ether oxygens (including phenoxy) is 1. The maximum atomic E-state index is 12.6. The number of hydrogen-bond acceptors (Lipinski definition) is 7. The van der Waals surface area contributed by atoms with Crippen molar-refractivity contribution in [3.8, 4) is 17.3 Å². The molecule has 9 nitrogen and oxygen atoms in total. The molecule has 0 bridgehead atoms. The minimum atomic E-state index is -0.265. The van der Waals surface area contributed by atoms with E-state index in [0.717, 1.165) is 43.9 Å². The first kappa shape index (κ1) is 23.6. The third-order valence-electron chi connectivity index (χ3n) is 6.33. The molecule has 9 heteroatoms. The van der Waals surface area contributed by atoms with Crippen molar-refractivity contribution in [1.29, 1.82) is 0 Å². The zero-order valence-electron chi connectivity index (χ0n) is 19.8. The van der Waals surface area contributed by atoms with Crippen molar-refractivity contribution in [3.63, 3.8) is 0 Å². The van der Waals surface area contributed by atoms with Crippen molar-refractivity contribution in [3.05, 3.63) is 54.0 Å². The van der Waals surface area contributed by atoms with Gasteiger partial charge in [0.15, 0.2) is 0 Å². The molecular formula is C25H33N7O2. The Morgan fingerprint density at radius 1 is 1.21 bits per heavy atom. The van der Waals surface area contributed by atoms with Crippen molar-refractivity contribution in [1.82, 2.24) is 24.8 Å². The number of hydrogen-bond donors (Lipinski definition) is 3. The molecule has 180 valence electrons. The first-order valence-corrected chi connectivity index (χ1v) is 11.7. The van der Waals surface area contributed by atoms with Crippen LogP contribution >= 0.6 is 0 Å². The monoisotopic (exact) mass is 463 g/mol. The van der Waals surface area contributed by atoms with Gasteiger partial charge < -0.3 is 26.1 Å². The molecule has 34 heavy (non-hydrogen) atoms. The molecule has 0 atom stereocenters. The third kappa shape index (κ3) is 5.31. The maximum Gasteiger partial charge on any atom is 0.270 e. The van der Waals surface area contributed by atoms with Crippen LogP contribution in [-0.4, -0.2) is 51.6 Å². The number of carbonyl (C=O) groups is 1. The molecule has 2 aromatic heterocycles. The number of aromatic nitrogens is 3. The molecule has 3 heterocycles. The summed E-state index contributed by atoms with van der Waals surface area (Å²) in [5.74, 6) is 1.34. The molecule has 5 N–H and O–H groups in total. The Balaban J connectivity index is 1.27. The standard InChI is InChI=1S/C25H33N7O2/c1-3-34-25-22(27)20(26)13-21(30-25)24(33)29-14-17-9-11-32(12-10-17)16-19-15-28-23(31(19)2)18-7-5-4-6-8-18/h4-8,13,15,17H,3,9-12,14,16,27H2,1-2H3,(H2,26,30)(H,29,33). The van der Waals surface area contributed by atoms with E-state index in [1.165, 1.54) is 11.8 Å². The number of rotatable bonds is 8. The van der Waals surface area contributed by atoms with Gasteiger partial charge in [-0.3, -0.25) is 9.69 Å². The summed E-state index contributed by atoms with van der Waals surface area (Å²) in [7, 11) is 2.07. The molecule has 1 amide bonds. The second-order valence-corrected chi connectivity index (χ2v) is 8.68. The van der Waals surface area contributed by atoms with Crippen LogP contribution in [0.4, 0.5) is 11.4 Å². The molecule has 1 aliphatic rings. The van der Waals surface area contributed by atoms with Crippen LogP contribution < -0.4 is 21.5 Å². The van der Waals surface area contributed by atoms with Gasteiger partial charge in [0.2, 0.25) is 5.88 Å². The van der Waals surface area contributed by atoms with Crippen LogP contribution in [0.25, 0.3) is 11.4 Å². The Bertz CT molecular complexity index is 1120. The Morgan fingerprint density at radius 3 is 2.65 bits per heavy atom. The molecule has 0 spiro atoms. The van der Waals surface area contributed by atoms with Gasteiger partial charge in [0.05, 0.1) is 24.2 Å². The molecular weight excluding hydrogens is 430 g/mol. The number of likely N-dealkylation sites (tertiary alicyclic amines) is 1. The Hall–Kier alpha value is -3.59. The average molecular weight is 464 g/mol. The molecule has 4 rings (SSSR count). The molecule has 1 saturated heterocycles. The number of nitrogens with one attached hydrogen (secondary N) is 1. The first-order chi connectivity index (χ1) is 16.5. The molecule has 0 radical (unpaired) electrons. The van der Waals surface area contributed by atoms with Crippen molar-refractivity contribution >= 4 is 17.3 Å². The second-order valence-electron chi connectivity index (χ2n) is 8.68. The summed E-state index contributed by atoms with van der Waals surface area (Å²) >= 11 is 0. The summed E-state index contributed by atoms with van der Waals surface area (Å²) in [6, 6.07) is 11.7. The predicted octanol–water partition coefficient (Wildman–Crippen LogP) is 2.69. The van der Waals surface area contributed by atoms with Gasteiger partial charge >= 0.3 is 0 Å². The van der Waals surface area contributed by atoms with Gasteiger partial charge in [0.1, 0.15) is 17.2 Å². The fraction of sp³-hybridized carbons (Fsp3) is 0.400. The van der Waals surface area contributed by atoms with Crippen molar-refractivity contribution in [2.45, 2.75) is 26.3 Å². The number of nitrogens with two attached hydrogens (primary N) is 2. The lowest BCUT2D eigenvalue weighted by atomic mass is 9.96. The smallest absolute Gasteiger partial charge is 0.270 e. The van der Waals surface area contributed by atoms with Gasteiger partial charge in [-0.25, -0.2) is 9.97 Å². The minimum absolute atomic E-state index is 0.201. The quantitative estimate of drug-likeness (QED) is 0.469. The third-order valence-corrected chi connectivity index (χ3v) is 6.33. The number of amides is 1. The molecule has 0 unspecified atom stereocenters. The Labute approximate surface area is 200 Å². The van der Waals surface area contributed by atoms with E-state index in [1.807, 2.05) is 31.3 Å². The molecule has 0 aliphatic carbocycles. The number of nitrogen functional groups attached to an aromatic ring is 2. The lowest BCUT2D eigenvalue weighted by Gasteiger charge is -2.32. The topological polar surface area (TPSA) is 124 Å². The van der Waals surface area contributed by atoms with E-state index in [-0.39, 0.29) is 23.2 Å². The van der Waals surface area contributed by atoms with Crippen LogP contribution in [0.2, 0.25) is 0 Å². The van der Waals surface area contributed by atoms with Crippen LogP contribution in [0, 0.1) is 5.92 Å². The van der Waals surface area contributed by atoms with E-state index in [4.69, 9.17) is 16.2 Å². The number of pyridine rings is 1. The highest BCUT2D eigenvalue weighted by molar-refractivity contribution is 5.94. The number of benzene rings is 1. The van der Waals surface area contributed by atoms with Crippen LogP contribution in [0.5, 0.6) is 5.88 Å². The van der Waals surface area contributed by atoms with Gasteiger partial charge in [-0.1, -0.05) is 30.3 Å². The number of imidazole rings is 1. The van der Waals surface area contributed by atoms with Crippen LogP contribution in [0.1, 0.15) is 35.9 Å². The van der Waals surface area contributed by atoms with Crippen molar-refractivity contribution in [2.24, 2.45) is 13.0 Å². The van der Waals surface area contributed by atoms with Gasteiger partial charge in [-0.15, -0.1) is 0 Å². The Kier molecular flexibility index (Phi) is 7.32. The van der Waals surface area contributed by atoms with Crippen molar-refractivity contribution < 1.29 is 9.53 Å². The maximum absolute atomic E-state index is 12.6. The van der Waals surface area contributed by atoms with Crippen molar-refractivity contribution in [2.75, 3.05) is 37.7 Å². The van der Waals surface area contributed by atoms with Gasteiger partial charge in [-0.2, -0.15) is 0 Å². The number of nitrogens with zero attached hydrogens (tertiary/aromatic N) is 4. The highest BCUT2D eigenvalue weighted by Crippen LogP contribution is 2.26. The fourth-order valence-corrected chi connectivity index (χ4v) is 4.27. The summed E-state index contributed by atoms with van der Waals surface area (Å²) in [6.45, 7) is 5.65. The van der Waals surface area contributed by atoms with E-state index in [2.05, 4.69) is 43.9 Å². The van der Waals surface area contributed by atoms with E-state index in [1.54, 1.807) is 0 Å². The summed E-state index contributed by atoms with van der Waals surface area (Å²) in [4.78, 5) is 23.9. The summed E-state index contributed by atoms with van der Waals surface area (Å²) < 4.78 is 7.56. The number of carbonyl (C=O) groups excluding carboxylic acids is 1. The normalized spacial score (nSPS) is 14.8. The van der Waals surface area contributed by atoms with Crippen LogP contribution in [0.3, 0.4) is 0 Å². The van der Waals surface area contributed by atoms with Crippen LogP contribution in [0.15, 0.2) is 42.6 Å². The van der Waals surface area contributed by atoms with E-state index in [9.17, 15) is 4.79 Å². The SMILES string of the molecule is CCOc1nc(C(=O)NCC2CCN(Cc3cnc(-c4ccccc4)n3C)CC2)cc(N)c1N. The zero-order chi connectivity index (χ0) is 24.1. The zero-order valence-corrected chi connectivity index (χ0v) is 19.8. The predicted molar refractivity (Wildman–Crippen MR) is 133 cm³/mol. The largest absolute Gasteiger partial charge is 0.476 e. The minimum Gasteiger partial charge on any atom is -0.476 e. The Morgan fingerprint density at radius 2 is 1.94 bits per heavy atom. The summed E-state index contributed by atoms with van der Waals surface area (Å²) in [5, 5.41) is 2.99. The van der Waals surface area contributed by atoms with E-state index in [0.29, 0.717) is 24.8 Å². The first-order valence-electron chi connectivity index (χ1n) is 11.7. The van der Waals surface area contributed by atoms with Gasteiger partial charge in [0, 0.05) is 25.7 Å². The van der Waals surface area contributed by atoms with Crippen LogP contribution in [-0.2, 0) is 13.6 Å².